The molecular weight excluding hydrogens is 270 g/mol. The second-order valence-corrected chi connectivity index (χ2v) is 4.42. The summed E-state index contributed by atoms with van der Waals surface area (Å²) in [6.07, 6.45) is 0. The van der Waals surface area contributed by atoms with Gasteiger partial charge in [0, 0.05) is 30.8 Å². The average Bonchev–Trinajstić information content (AvgIpc) is 2.28. The zero-order valence-electron chi connectivity index (χ0n) is 9.46. The number of nitrogens with two attached hydrogens (primary N) is 1. The van der Waals surface area contributed by atoms with Gasteiger partial charge in [0.05, 0.1) is 6.54 Å². The molecule has 0 radical (unpaired) electrons. The van der Waals surface area contributed by atoms with Gasteiger partial charge >= 0.3 is 0 Å². The fourth-order valence-electron chi connectivity index (χ4n) is 1.44. The van der Waals surface area contributed by atoms with Gasteiger partial charge in [0.15, 0.2) is 0 Å². The van der Waals surface area contributed by atoms with E-state index in [1.165, 1.54) is 0 Å². The number of benzene rings is 1. The van der Waals surface area contributed by atoms with Gasteiger partial charge in [0.1, 0.15) is 0 Å². The van der Waals surface area contributed by atoms with E-state index in [4.69, 9.17) is 5.73 Å². The summed E-state index contributed by atoms with van der Waals surface area (Å²) < 4.78 is 0.975. The molecule has 1 aromatic carbocycles. The maximum absolute atomic E-state index is 11.3. The number of carbonyl (C=O) groups excluding carboxylic acids is 1. The van der Waals surface area contributed by atoms with Crippen LogP contribution in [0.2, 0.25) is 0 Å². The Balaban J connectivity index is 2.92. The van der Waals surface area contributed by atoms with Gasteiger partial charge in [0.2, 0.25) is 5.91 Å². The molecule has 0 heterocycles. The minimum absolute atomic E-state index is 0.0227. The Hall–Kier alpha value is -1.07. The fourth-order valence-corrected chi connectivity index (χ4v) is 1.79. The standard InChI is InChI=1S/C11H16BrN3O/c1-14-11(16)7-15(2)10-5-9(12)4-3-8(10)6-13/h3-5H,6-7,13H2,1-2H3,(H,14,16). The van der Waals surface area contributed by atoms with Crippen LogP contribution in [0.4, 0.5) is 5.69 Å². The average molecular weight is 286 g/mol. The van der Waals surface area contributed by atoms with Crippen LogP contribution in [-0.4, -0.2) is 26.5 Å². The first kappa shape index (κ1) is 13.0. The molecule has 0 atom stereocenters. The number of hydrogen-bond acceptors (Lipinski definition) is 3. The summed E-state index contributed by atoms with van der Waals surface area (Å²) >= 11 is 3.41. The van der Waals surface area contributed by atoms with E-state index in [1.54, 1.807) is 7.05 Å². The van der Waals surface area contributed by atoms with Crippen LogP contribution in [0.5, 0.6) is 0 Å². The molecule has 5 heteroatoms. The highest BCUT2D eigenvalue weighted by molar-refractivity contribution is 9.10. The molecule has 1 amide bonds. The van der Waals surface area contributed by atoms with E-state index in [2.05, 4.69) is 21.2 Å². The van der Waals surface area contributed by atoms with Crippen LogP contribution in [0, 0.1) is 0 Å². The molecular formula is C11H16BrN3O. The van der Waals surface area contributed by atoms with Crippen LogP contribution in [0.1, 0.15) is 5.56 Å². The first-order valence-electron chi connectivity index (χ1n) is 4.98. The quantitative estimate of drug-likeness (QED) is 0.871. The van der Waals surface area contributed by atoms with Crippen molar-refractivity contribution in [2.45, 2.75) is 6.54 Å². The molecule has 0 saturated heterocycles. The number of carbonyl (C=O) groups is 1. The van der Waals surface area contributed by atoms with Crippen molar-refractivity contribution in [3.63, 3.8) is 0 Å². The van der Waals surface area contributed by atoms with Crippen molar-refractivity contribution in [2.75, 3.05) is 25.5 Å². The molecule has 16 heavy (non-hydrogen) atoms. The Morgan fingerprint density at radius 3 is 2.81 bits per heavy atom. The Morgan fingerprint density at radius 1 is 1.56 bits per heavy atom. The van der Waals surface area contributed by atoms with E-state index in [9.17, 15) is 4.79 Å². The zero-order valence-corrected chi connectivity index (χ0v) is 11.0. The molecule has 1 aromatic rings. The minimum atomic E-state index is -0.0227. The van der Waals surface area contributed by atoms with Gasteiger partial charge < -0.3 is 16.0 Å². The summed E-state index contributed by atoms with van der Waals surface area (Å²) in [5.74, 6) is -0.0227. The third-order valence-corrected chi connectivity index (χ3v) is 2.83. The molecule has 0 spiro atoms. The lowest BCUT2D eigenvalue weighted by Gasteiger charge is -2.21. The molecule has 0 unspecified atom stereocenters. The van der Waals surface area contributed by atoms with Crippen molar-refractivity contribution >= 4 is 27.5 Å². The van der Waals surface area contributed by atoms with Gasteiger partial charge in [0.25, 0.3) is 0 Å². The Morgan fingerprint density at radius 2 is 2.25 bits per heavy atom. The smallest absolute Gasteiger partial charge is 0.239 e. The highest BCUT2D eigenvalue weighted by atomic mass is 79.9. The van der Waals surface area contributed by atoms with E-state index in [-0.39, 0.29) is 5.91 Å². The highest BCUT2D eigenvalue weighted by Crippen LogP contribution is 2.23. The van der Waals surface area contributed by atoms with Crippen LogP contribution < -0.4 is 16.0 Å². The summed E-state index contributed by atoms with van der Waals surface area (Å²) in [5, 5.41) is 2.59. The SMILES string of the molecule is CNC(=O)CN(C)c1cc(Br)ccc1CN. The zero-order chi connectivity index (χ0) is 12.1. The summed E-state index contributed by atoms with van der Waals surface area (Å²) in [6.45, 7) is 0.778. The summed E-state index contributed by atoms with van der Waals surface area (Å²) in [7, 11) is 3.50. The van der Waals surface area contributed by atoms with Gasteiger partial charge in [-0.05, 0) is 17.7 Å². The monoisotopic (exact) mass is 285 g/mol. The maximum Gasteiger partial charge on any atom is 0.239 e. The van der Waals surface area contributed by atoms with E-state index in [0.717, 1.165) is 15.7 Å². The number of nitrogens with zero attached hydrogens (tertiary/aromatic N) is 1. The lowest BCUT2D eigenvalue weighted by atomic mass is 10.1. The number of anilines is 1. The normalized spacial score (nSPS) is 10.0. The number of halogens is 1. The third kappa shape index (κ3) is 3.21. The van der Waals surface area contributed by atoms with Crippen molar-refractivity contribution in [3.05, 3.63) is 28.2 Å². The Kier molecular flexibility index (Phi) is 4.76. The van der Waals surface area contributed by atoms with Crippen molar-refractivity contribution in [2.24, 2.45) is 5.73 Å². The van der Waals surface area contributed by atoms with E-state index in [0.29, 0.717) is 13.1 Å². The first-order chi connectivity index (χ1) is 7.58. The second kappa shape index (κ2) is 5.86. The van der Waals surface area contributed by atoms with Gasteiger partial charge in [-0.3, -0.25) is 4.79 Å². The molecule has 0 saturated carbocycles. The van der Waals surface area contributed by atoms with E-state index >= 15 is 0 Å². The van der Waals surface area contributed by atoms with Crippen LogP contribution in [0.3, 0.4) is 0 Å². The largest absolute Gasteiger partial charge is 0.365 e. The predicted octanol–water partition coefficient (Wildman–Crippen LogP) is 1.09. The molecule has 3 N–H and O–H groups in total. The molecule has 88 valence electrons. The van der Waals surface area contributed by atoms with Gasteiger partial charge in [-0.25, -0.2) is 0 Å². The topological polar surface area (TPSA) is 58.4 Å². The lowest BCUT2D eigenvalue weighted by molar-refractivity contribution is -0.119. The Bertz CT molecular complexity index is 381. The first-order valence-corrected chi connectivity index (χ1v) is 5.78. The van der Waals surface area contributed by atoms with Gasteiger partial charge in [-0.1, -0.05) is 22.0 Å². The molecule has 0 aromatic heterocycles. The predicted molar refractivity (Wildman–Crippen MR) is 69.4 cm³/mol. The van der Waals surface area contributed by atoms with Crippen molar-refractivity contribution in [1.82, 2.24) is 5.32 Å². The van der Waals surface area contributed by atoms with Crippen LogP contribution in [-0.2, 0) is 11.3 Å². The molecule has 4 nitrogen and oxygen atoms in total. The summed E-state index contributed by atoms with van der Waals surface area (Å²) in [4.78, 5) is 13.2. The molecule has 0 aliphatic heterocycles. The van der Waals surface area contributed by atoms with Gasteiger partial charge in [-0.15, -0.1) is 0 Å². The molecule has 0 bridgehead atoms. The number of nitrogens with one attached hydrogen (secondary N) is 1. The van der Waals surface area contributed by atoms with Crippen LogP contribution in [0.25, 0.3) is 0 Å². The summed E-state index contributed by atoms with van der Waals surface area (Å²) in [6, 6.07) is 5.87. The van der Waals surface area contributed by atoms with E-state index in [1.807, 2.05) is 30.1 Å². The van der Waals surface area contributed by atoms with Crippen LogP contribution in [0.15, 0.2) is 22.7 Å². The molecule has 0 fully saturated rings. The Labute approximate surface area is 104 Å². The van der Waals surface area contributed by atoms with Crippen molar-refractivity contribution in [1.29, 1.82) is 0 Å². The molecule has 1 rings (SSSR count). The third-order valence-electron chi connectivity index (χ3n) is 2.34. The van der Waals surface area contributed by atoms with Crippen molar-refractivity contribution in [3.8, 4) is 0 Å². The minimum Gasteiger partial charge on any atom is -0.365 e. The lowest BCUT2D eigenvalue weighted by Crippen LogP contribution is -2.33. The second-order valence-electron chi connectivity index (χ2n) is 3.51. The van der Waals surface area contributed by atoms with Crippen LogP contribution >= 0.6 is 15.9 Å². The van der Waals surface area contributed by atoms with E-state index < -0.39 is 0 Å². The maximum atomic E-state index is 11.3. The fraction of sp³-hybridized carbons (Fsp3) is 0.364. The van der Waals surface area contributed by atoms with Gasteiger partial charge in [-0.2, -0.15) is 0 Å². The number of rotatable bonds is 4. The number of hydrogen-bond donors (Lipinski definition) is 2. The number of likely N-dealkylation sites (N-methyl/N-ethyl adjacent to an activating group) is 2. The number of amides is 1. The van der Waals surface area contributed by atoms with Crippen molar-refractivity contribution < 1.29 is 4.79 Å². The highest BCUT2D eigenvalue weighted by Gasteiger charge is 2.10. The summed E-state index contributed by atoms with van der Waals surface area (Å²) in [5.41, 5.74) is 7.65. The molecule has 0 aliphatic rings. The molecule has 0 aliphatic carbocycles.